The summed E-state index contributed by atoms with van der Waals surface area (Å²) in [6.45, 7) is 3.95. The van der Waals surface area contributed by atoms with Gasteiger partial charge in [0.2, 0.25) is 0 Å². The van der Waals surface area contributed by atoms with Crippen molar-refractivity contribution in [2.24, 2.45) is 0 Å². The molecule has 0 aliphatic carbocycles. The van der Waals surface area contributed by atoms with Crippen molar-refractivity contribution in [1.29, 1.82) is 0 Å². The summed E-state index contributed by atoms with van der Waals surface area (Å²) < 4.78 is 8.66. The van der Waals surface area contributed by atoms with Gasteiger partial charge < -0.3 is 14.7 Å². The Labute approximate surface area is 115 Å². The largest absolute Gasteiger partial charge is 0.480 e. The van der Waals surface area contributed by atoms with Crippen LogP contribution in [0.15, 0.2) is 0 Å². The molecular weight excluding hydrogens is 270 g/mol. The summed E-state index contributed by atoms with van der Waals surface area (Å²) in [5, 5.41) is 12.8. The van der Waals surface area contributed by atoms with Gasteiger partial charge in [-0.05, 0) is 17.5 Å². The Morgan fingerprint density at radius 1 is 1.47 bits per heavy atom. The van der Waals surface area contributed by atoms with Crippen molar-refractivity contribution < 1.29 is 19.4 Å². The minimum Gasteiger partial charge on any atom is -0.480 e. The number of carbonyl (C=O) groups is 2. The molecule has 0 atom stereocenters. The zero-order chi connectivity index (χ0) is 14.4. The molecule has 19 heavy (non-hydrogen) atoms. The zero-order valence-corrected chi connectivity index (χ0v) is 11.9. The number of hydrogen-bond donors (Lipinski definition) is 1. The first-order chi connectivity index (χ1) is 8.97. The summed E-state index contributed by atoms with van der Waals surface area (Å²) in [6.07, 6.45) is 0. The second kappa shape index (κ2) is 7.15. The standard InChI is InChI=1S/C11H17N3O4S/c1-7(2)9-10(19-13-12-9)11(17)14(4-5-18-3)6-8(15)16/h7H,4-6H2,1-3H3,(H,15,16). The highest BCUT2D eigenvalue weighted by molar-refractivity contribution is 7.08. The molecule has 0 fully saturated rings. The van der Waals surface area contributed by atoms with Crippen molar-refractivity contribution in [3.63, 3.8) is 0 Å². The molecule has 106 valence electrons. The summed E-state index contributed by atoms with van der Waals surface area (Å²) in [5.41, 5.74) is 0.600. The van der Waals surface area contributed by atoms with Gasteiger partial charge in [0.25, 0.3) is 5.91 Å². The molecule has 1 rings (SSSR count). The van der Waals surface area contributed by atoms with E-state index >= 15 is 0 Å². The number of ether oxygens (including phenoxy) is 1. The number of carboxylic acids is 1. The average Bonchev–Trinajstić information content (AvgIpc) is 2.82. The number of nitrogens with zero attached hydrogens (tertiary/aromatic N) is 3. The lowest BCUT2D eigenvalue weighted by molar-refractivity contribution is -0.137. The number of aliphatic carboxylic acids is 1. The highest BCUT2D eigenvalue weighted by Gasteiger charge is 2.25. The Morgan fingerprint density at radius 2 is 2.16 bits per heavy atom. The minimum atomic E-state index is -1.06. The normalized spacial score (nSPS) is 10.7. The van der Waals surface area contributed by atoms with E-state index in [1.807, 2.05) is 13.8 Å². The number of aromatic nitrogens is 2. The Hall–Kier alpha value is -1.54. The van der Waals surface area contributed by atoms with Gasteiger partial charge in [0.15, 0.2) is 0 Å². The van der Waals surface area contributed by atoms with E-state index in [0.717, 1.165) is 11.5 Å². The van der Waals surface area contributed by atoms with Crippen LogP contribution in [0.5, 0.6) is 0 Å². The van der Waals surface area contributed by atoms with Gasteiger partial charge in [0.1, 0.15) is 11.4 Å². The maximum atomic E-state index is 12.3. The molecule has 1 aromatic rings. The molecule has 0 saturated heterocycles. The van der Waals surface area contributed by atoms with Crippen LogP contribution >= 0.6 is 11.5 Å². The smallest absolute Gasteiger partial charge is 0.323 e. The molecule has 0 aromatic carbocycles. The molecule has 0 aliphatic heterocycles. The zero-order valence-electron chi connectivity index (χ0n) is 11.1. The highest BCUT2D eigenvalue weighted by atomic mass is 32.1. The van der Waals surface area contributed by atoms with Crippen molar-refractivity contribution in [3.05, 3.63) is 10.6 Å². The van der Waals surface area contributed by atoms with E-state index in [2.05, 4.69) is 9.59 Å². The molecule has 0 radical (unpaired) electrons. The fraction of sp³-hybridized carbons (Fsp3) is 0.636. The SMILES string of the molecule is COCCN(CC(=O)O)C(=O)c1snnc1C(C)C. The molecule has 7 nitrogen and oxygen atoms in total. The fourth-order valence-corrected chi connectivity index (χ4v) is 2.27. The van der Waals surface area contributed by atoms with E-state index in [4.69, 9.17) is 9.84 Å². The molecule has 1 heterocycles. The van der Waals surface area contributed by atoms with Gasteiger partial charge in [-0.2, -0.15) is 0 Å². The second-order valence-electron chi connectivity index (χ2n) is 4.26. The van der Waals surface area contributed by atoms with Gasteiger partial charge in [-0.1, -0.05) is 18.3 Å². The number of carboxylic acid groups (broad SMARTS) is 1. The Morgan fingerprint density at radius 3 is 2.68 bits per heavy atom. The minimum absolute atomic E-state index is 0.0619. The molecular formula is C11H17N3O4S. The predicted octanol–water partition coefficient (Wildman–Crippen LogP) is 0.835. The van der Waals surface area contributed by atoms with Gasteiger partial charge in [-0.25, -0.2) is 0 Å². The van der Waals surface area contributed by atoms with Crippen LogP contribution in [0.2, 0.25) is 0 Å². The highest BCUT2D eigenvalue weighted by Crippen LogP contribution is 2.21. The van der Waals surface area contributed by atoms with Crippen LogP contribution in [0, 0.1) is 0 Å². The quantitative estimate of drug-likeness (QED) is 0.798. The van der Waals surface area contributed by atoms with Crippen molar-refractivity contribution in [1.82, 2.24) is 14.5 Å². The molecule has 8 heteroatoms. The van der Waals surface area contributed by atoms with E-state index in [-0.39, 0.29) is 31.5 Å². The van der Waals surface area contributed by atoms with Crippen LogP contribution in [0.1, 0.15) is 35.1 Å². The van der Waals surface area contributed by atoms with Gasteiger partial charge in [0.05, 0.1) is 12.3 Å². The van der Waals surface area contributed by atoms with Crippen LogP contribution < -0.4 is 0 Å². The molecule has 0 saturated carbocycles. The van der Waals surface area contributed by atoms with Gasteiger partial charge in [-0.3, -0.25) is 9.59 Å². The molecule has 0 spiro atoms. The number of carbonyl (C=O) groups excluding carboxylic acids is 1. The molecule has 1 N–H and O–H groups in total. The van der Waals surface area contributed by atoms with Crippen LogP contribution in [-0.2, 0) is 9.53 Å². The van der Waals surface area contributed by atoms with E-state index in [1.165, 1.54) is 12.0 Å². The number of amides is 1. The third-order valence-corrected chi connectivity index (χ3v) is 3.16. The lowest BCUT2D eigenvalue weighted by atomic mass is 10.1. The Kier molecular flexibility index (Phi) is 5.84. The van der Waals surface area contributed by atoms with Crippen molar-refractivity contribution in [2.75, 3.05) is 26.8 Å². The summed E-state index contributed by atoms with van der Waals surface area (Å²) in [5.74, 6) is -1.36. The number of hydrogen-bond acceptors (Lipinski definition) is 6. The van der Waals surface area contributed by atoms with E-state index in [1.54, 1.807) is 0 Å². The van der Waals surface area contributed by atoms with Gasteiger partial charge in [0, 0.05) is 13.7 Å². The van der Waals surface area contributed by atoms with Crippen LogP contribution in [0.25, 0.3) is 0 Å². The lowest BCUT2D eigenvalue weighted by Gasteiger charge is -2.19. The summed E-state index contributed by atoms with van der Waals surface area (Å²) in [6, 6.07) is 0. The first kappa shape index (κ1) is 15.5. The third kappa shape index (κ3) is 4.25. The summed E-state index contributed by atoms with van der Waals surface area (Å²) in [4.78, 5) is 24.7. The monoisotopic (exact) mass is 287 g/mol. The Balaban J connectivity index is 2.91. The maximum Gasteiger partial charge on any atom is 0.323 e. The molecule has 0 aliphatic rings. The number of rotatable bonds is 7. The maximum absolute atomic E-state index is 12.3. The molecule has 0 unspecified atom stereocenters. The first-order valence-electron chi connectivity index (χ1n) is 5.79. The lowest BCUT2D eigenvalue weighted by Crippen LogP contribution is -2.38. The van der Waals surface area contributed by atoms with Crippen LogP contribution in [0.3, 0.4) is 0 Å². The molecule has 1 amide bonds. The Bertz CT molecular complexity index is 447. The third-order valence-electron chi connectivity index (χ3n) is 2.43. The number of methoxy groups -OCH3 is 1. The van der Waals surface area contributed by atoms with E-state index in [9.17, 15) is 9.59 Å². The summed E-state index contributed by atoms with van der Waals surface area (Å²) in [7, 11) is 1.50. The predicted molar refractivity (Wildman–Crippen MR) is 69.4 cm³/mol. The van der Waals surface area contributed by atoms with E-state index in [0.29, 0.717) is 10.6 Å². The van der Waals surface area contributed by atoms with Gasteiger partial charge in [-0.15, -0.1) is 5.10 Å². The molecule has 1 aromatic heterocycles. The molecule has 0 bridgehead atoms. The average molecular weight is 287 g/mol. The van der Waals surface area contributed by atoms with Crippen molar-refractivity contribution >= 4 is 23.4 Å². The van der Waals surface area contributed by atoms with Crippen molar-refractivity contribution in [3.8, 4) is 0 Å². The first-order valence-corrected chi connectivity index (χ1v) is 6.57. The van der Waals surface area contributed by atoms with Gasteiger partial charge >= 0.3 is 5.97 Å². The van der Waals surface area contributed by atoms with Crippen LogP contribution in [-0.4, -0.2) is 58.3 Å². The fourth-order valence-electron chi connectivity index (χ4n) is 1.48. The second-order valence-corrected chi connectivity index (χ2v) is 5.01. The topological polar surface area (TPSA) is 92.6 Å². The summed E-state index contributed by atoms with van der Waals surface area (Å²) >= 11 is 0.989. The van der Waals surface area contributed by atoms with E-state index < -0.39 is 5.97 Å². The van der Waals surface area contributed by atoms with Crippen LogP contribution in [0.4, 0.5) is 0 Å². The van der Waals surface area contributed by atoms with Crippen molar-refractivity contribution in [2.45, 2.75) is 19.8 Å².